The van der Waals surface area contributed by atoms with Crippen LogP contribution in [0.4, 0.5) is 10.5 Å². The van der Waals surface area contributed by atoms with Crippen LogP contribution in [0.15, 0.2) is 48.0 Å². The number of anilines is 1. The monoisotopic (exact) mass is 626 g/mol. The van der Waals surface area contributed by atoms with E-state index in [0.29, 0.717) is 20.6 Å². The van der Waals surface area contributed by atoms with Gasteiger partial charge in [-0.15, -0.1) is 0 Å². The lowest BCUT2D eigenvalue weighted by molar-refractivity contribution is -0.139. The van der Waals surface area contributed by atoms with E-state index in [-0.39, 0.29) is 11.0 Å². The lowest BCUT2D eigenvalue weighted by atomic mass is 9.48. The van der Waals surface area contributed by atoms with Crippen LogP contribution in [0, 0.1) is 21.3 Å². The first kappa shape index (κ1) is 25.1. The smallest absolute Gasteiger partial charge is 0.341 e. The summed E-state index contributed by atoms with van der Waals surface area (Å²) in [6, 6.07) is 11.8. The van der Waals surface area contributed by atoms with Crippen molar-refractivity contribution in [3.05, 3.63) is 62.7 Å². The average Bonchev–Trinajstić information content (AvgIpc) is 2.85. The van der Waals surface area contributed by atoms with Gasteiger partial charge in [-0.1, -0.05) is 18.2 Å². The number of halogens is 1. The van der Waals surface area contributed by atoms with Crippen LogP contribution in [0.1, 0.15) is 49.7 Å². The molecule has 38 heavy (non-hydrogen) atoms. The number of nitrogens with zero attached hydrogens (tertiary/aromatic N) is 1. The van der Waals surface area contributed by atoms with Crippen LogP contribution in [0.2, 0.25) is 0 Å². The first-order chi connectivity index (χ1) is 18.2. The second-order valence-electron chi connectivity index (χ2n) is 11.1. The predicted octanol–water partition coefficient (Wildman–Crippen LogP) is 4.89. The third-order valence-corrected chi connectivity index (χ3v) is 9.34. The summed E-state index contributed by atoms with van der Waals surface area (Å²) in [5.41, 5.74) is 2.30. The van der Waals surface area contributed by atoms with E-state index in [2.05, 4.69) is 17.4 Å². The van der Waals surface area contributed by atoms with Crippen LogP contribution in [0.5, 0.6) is 5.75 Å². The zero-order valence-electron chi connectivity index (χ0n) is 20.6. The van der Waals surface area contributed by atoms with Crippen molar-refractivity contribution in [2.75, 3.05) is 11.5 Å². The van der Waals surface area contributed by atoms with Gasteiger partial charge >= 0.3 is 12.0 Å². The van der Waals surface area contributed by atoms with Crippen molar-refractivity contribution in [3.63, 3.8) is 0 Å². The number of carboxylic acid groups (broad SMARTS) is 1. The minimum Gasteiger partial charge on any atom is -0.481 e. The summed E-state index contributed by atoms with van der Waals surface area (Å²) in [5.74, 6) is 0.280. The van der Waals surface area contributed by atoms with Gasteiger partial charge in [-0.25, -0.2) is 14.5 Å². The van der Waals surface area contributed by atoms with Crippen molar-refractivity contribution >= 4 is 58.2 Å². The normalized spacial score (nSPS) is 29.1. The summed E-state index contributed by atoms with van der Waals surface area (Å²) >= 11 is 1.99. The molecule has 1 aliphatic heterocycles. The number of rotatable bonds is 6. The highest BCUT2D eigenvalue weighted by Gasteiger charge is 2.51. The highest BCUT2D eigenvalue weighted by molar-refractivity contribution is 14.1. The number of amides is 4. The summed E-state index contributed by atoms with van der Waals surface area (Å²) in [7, 11) is 0. The number of carboxylic acids is 1. The predicted molar refractivity (Wildman–Crippen MR) is 148 cm³/mol. The number of urea groups is 1. The molecule has 0 unspecified atom stereocenters. The van der Waals surface area contributed by atoms with E-state index in [1.165, 1.54) is 50.2 Å². The van der Waals surface area contributed by atoms with Crippen LogP contribution in [0.3, 0.4) is 0 Å². The Balaban J connectivity index is 1.24. The molecule has 0 atom stereocenters. The molecular weight excluding hydrogens is 599 g/mol. The molecule has 4 amide bonds. The Labute approximate surface area is 233 Å². The van der Waals surface area contributed by atoms with Gasteiger partial charge in [-0.2, -0.15) is 0 Å². The van der Waals surface area contributed by atoms with Gasteiger partial charge in [0.1, 0.15) is 11.3 Å². The standard InChI is InChI=1S/C29H27IN2O6/c30-23-11-16(1-6-24(23)38-15-25(33)34)10-22-26(35)31-28(37)32(27(22)36)21-4-2-20(3-5-21)29-12-17-7-18(13-29)9-19(8-17)14-29/h1-6,10-11,17-19H,7-9,12-15H2,(H,33,34)(H,31,35,37)/b22-10+. The number of aliphatic carboxylic acids is 1. The molecule has 4 aliphatic carbocycles. The number of imide groups is 2. The van der Waals surface area contributed by atoms with Crippen LogP contribution < -0.4 is 15.0 Å². The summed E-state index contributed by atoms with van der Waals surface area (Å²) in [6.07, 6.45) is 9.18. The SMILES string of the molecule is O=C(O)COc1ccc(/C=C2\C(=O)NC(=O)N(c3ccc(C45CC6CC(CC(C6)C4)C5)cc3)C2=O)cc1I. The maximum absolute atomic E-state index is 13.4. The van der Waals surface area contributed by atoms with Crippen molar-refractivity contribution in [2.24, 2.45) is 17.8 Å². The van der Waals surface area contributed by atoms with Crippen LogP contribution in [-0.2, 0) is 19.8 Å². The number of carbonyl (C=O) groups is 4. The van der Waals surface area contributed by atoms with Gasteiger partial charge in [-0.3, -0.25) is 14.9 Å². The fourth-order valence-electron chi connectivity index (χ4n) is 7.35. The first-order valence-corrected chi connectivity index (χ1v) is 13.9. The number of hydrogen-bond donors (Lipinski definition) is 2. The molecule has 4 bridgehead atoms. The minimum absolute atomic E-state index is 0.162. The number of nitrogens with one attached hydrogen (secondary N) is 1. The van der Waals surface area contributed by atoms with Crippen molar-refractivity contribution in [3.8, 4) is 5.75 Å². The Morgan fingerprint density at radius 3 is 2.24 bits per heavy atom. The molecule has 5 fully saturated rings. The second-order valence-corrected chi connectivity index (χ2v) is 12.2. The van der Waals surface area contributed by atoms with Gasteiger partial charge in [0.2, 0.25) is 0 Å². The molecule has 2 aromatic rings. The molecule has 5 aliphatic rings. The van der Waals surface area contributed by atoms with E-state index in [9.17, 15) is 19.2 Å². The summed E-state index contributed by atoms with van der Waals surface area (Å²) < 4.78 is 5.85. The number of barbiturate groups is 1. The van der Waals surface area contributed by atoms with E-state index >= 15 is 0 Å². The van der Waals surface area contributed by atoms with Gasteiger partial charge in [-0.05, 0) is 126 Å². The van der Waals surface area contributed by atoms with E-state index in [1.807, 2.05) is 34.7 Å². The molecule has 0 aromatic heterocycles. The fourth-order valence-corrected chi connectivity index (χ4v) is 8.05. The Hall–Kier alpha value is -3.21. The molecule has 0 spiro atoms. The molecule has 0 radical (unpaired) electrons. The molecule has 1 heterocycles. The van der Waals surface area contributed by atoms with Crippen molar-refractivity contribution in [2.45, 2.75) is 43.9 Å². The lowest BCUT2D eigenvalue weighted by Crippen LogP contribution is -2.54. The largest absolute Gasteiger partial charge is 0.481 e. The Morgan fingerprint density at radius 2 is 1.66 bits per heavy atom. The van der Waals surface area contributed by atoms with Gasteiger partial charge in [0.15, 0.2) is 6.61 Å². The summed E-state index contributed by atoms with van der Waals surface area (Å²) in [5, 5.41) is 11.1. The third kappa shape index (κ3) is 4.50. The number of ether oxygens (including phenoxy) is 1. The molecule has 8 nitrogen and oxygen atoms in total. The molecule has 7 rings (SSSR count). The second kappa shape index (κ2) is 9.52. The quantitative estimate of drug-likeness (QED) is 0.269. The third-order valence-electron chi connectivity index (χ3n) is 8.50. The van der Waals surface area contributed by atoms with E-state index in [4.69, 9.17) is 9.84 Å². The van der Waals surface area contributed by atoms with Crippen molar-refractivity contribution in [1.82, 2.24) is 5.32 Å². The van der Waals surface area contributed by atoms with Gasteiger partial charge in [0, 0.05) is 0 Å². The van der Waals surface area contributed by atoms with Crippen LogP contribution >= 0.6 is 22.6 Å². The number of hydrogen-bond acceptors (Lipinski definition) is 5. The fraction of sp³-hybridized carbons (Fsp3) is 0.379. The molecule has 4 saturated carbocycles. The lowest BCUT2D eigenvalue weighted by Gasteiger charge is -2.57. The zero-order valence-corrected chi connectivity index (χ0v) is 22.8. The van der Waals surface area contributed by atoms with E-state index in [0.717, 1.165) is 22.7 Å². The van der Waals surface area contributed by atoms with Crippen LogP contribution in [-0.4, -0.2) is 35.5 Å². The molecule has 2 N–H and O–H groups in total. The summed E-state index contributed by atoms with van der Waals surface area (Å²) in [6.45, 7) is -0.476. The van der Waals surface area contributed by atoms with Crippen LogP contribution in [0.25, 0.3) is 6.08 Å². The molecule has 1 saturated heterocycles. The molecule has 2 aromatic carbocycles. The molecular formula is C29H27IN2O6. The van der Waals surface area contributed by atoms with Crippen molar-refractivity contribution < 1.29 is 29.0 Å². The minimum atomic E-state index is -1.09. The highest BCUT2D eigenvalue weighted by Crippen LogP contribution is 2.60. The Morgan fingerprint density at radius 1 is 1.03 bits per heavy atom. The average molecular weight is 626 g/mol. The van der Waals surface area contributed by atoms with Gasteiger partial charge in [0.05, 0.1) is 9.26 Å². The number of benzene rings is 2. The topological polar surface area (TPSA) is 113 Å². The zero-order chi connectivity index (χ0) is 26.6. The van der Waals surface area contributed by atoms with Crippen molar-refractivity contribution in [1.29, 1.82) is 0 Å². The molecule has 9 heteroatoms. The number of carbonyl (C=O) groups excluding carboxylic acids is 3. The molecule has 196 valence electrons. The van der Waals surface area contributed by atoms with E-state index < -0.39 is 30.4 Å². The van der Waals surface area contributed by atoms with E-state index in [1.54, 1.807) is 18.2 Å². The van der Waals surface area contributed by atoms with Gasteiger partial charge in [0.25, 0.3) is 11.8 Å². The maximum Gasteiger partial charge on any atom is 0.341 e. The first-order valence-electron chi connectivity index (χ1n) is 12.9. The Bertz CT molecular complexity index is 1350. The summed E-state index contributed by atoms with van der Waals surface area (Å²) in [4.78, 5) is 50.5. The van der Waals surface area contributed by atoms with Gasteiger partial charge < -0.3 is 9.84 Å². The highest BCUT2D eigenvalue weighted by atomic mass is 127. The maximum atomic E-state index is 13.4. The Kier molecular flexibility index (Phi) is 6.28.